The minimum atomic E-state index is -0.570. The first kappa shape index (κ1) is 16.5. The molecule has 122 valence electrons. The highest BCUT2D eigenvalue weighted by Gasteiger charge is 2.66. The molecule has 1 aromatic heterocycles. The fraction of sp³-hybridized carbons (Fsp3) is 0.375. The predicted octanol–water partition coefficient (Wildman–Crippen LogP) is 3.32. The van der Waals surface area contributed by atoms with Crippen LogP contribution < -0.4 is 10.9 Å². The summed E-state index contributed by atoms with van der Waals surface area (Å²) in [7, 11) is 1.80. The van der Waals surface area contributed by atoms with Crippen LogP contribution in [0.2, 0.25) is 0 Å². The number of carbonyl (C=O) groups excluding carboxylic acids is 1. The topological polar surface area (TPSA) is 56.0 Å². The summed E-state index contributed by atoms with van der Waals surface area (Å²) in [5.41, 5.74) is 0.996. The molecule has 0 aliphatic heterocycles. The monoisotopic (exact) mass is 441 g/mol. The average molecular weight is 443 g/mol. The molecule has 1 saturated carbocycles. The number of para-hydroxylation sites is 1. The number of halogens is 2. The van der Waals surface area contributed by atoms with Crippen molar-refractivity contribution in [1.29, 1.82) is 0 Å². The predicted molar refractivity (Wildman–Crippen MR) is 97.7 cm³/mol. The van der Waals surface area contributed by atoms with Gasteiger partial charge in [0.1, 0.15) is 5.69 Å². The molecule has 5 nitrogen and oxygen atoms in total. The zero-order chi connectivity index (χ0) is 17.0. The van der Waals surface area contributed by atoms with Crippen LogP contribution in [0.1, 0.15) is 19.0 Å². The third kappa shape index (κ3) is 2.50. The van der Waals surface area contributed by atoms with Crippen molar-refractivity contribution in [2.45, 2.75) is 23.5 Å². The van der Waals surface area contributed by atoms with Gasteiger partial charge in [-0.25, -0.2) is 4.68 Å². The Hall–Kier alpha value is -1.34. The van der Waals surface area contributed by atoms with Gasteiger partial charge < -0.3 is 5.32 Å². The number of hydrogen-bond acceptors (Lipinski definition) is 2. The molecule has 1 fully saturated rings. The molecule has 0 radical (unpaired) electrons. The fourth-order valence-electron chi connectivity index (χ4n) is 2.61. The number of anilines is 1. The molecule has 0 unspecified atom stereocenters. The van der Waals surface area contributed by atoms with Crippen LogP contribution in [0.4, 0.5) is 5.69 Å². The summed E-state index contributed by atoms with van der Waals surface area (Å²) in [6.45, 7) is 3.68. The molecular formula is C16H17Br2N3O2. The molecular weight excluding hydrogens is 426 g/mol. The summed E-state index contributed by atoms with van der Waals surface area (Å²) >= 11 is 6.97. The van der Waals surface area contributed by atoms with E-state index in [0.29, 0.717) is 17.8 Å². The van der Waals surface area contributed by atoms with Crippen LogP contribution in [0.25, 0.3) is 5.69 Å². The van der Waals surface area contributed by atoms with Crippen molar-refractivity contribution in [1.82, 2.24) is 9.36 Å². The Bertz CT molecular complexity index is 839. The Kier molecular flexibility index (Phi) is 3.84. The normalized spacial score (nSPS) is 22.0. The molecule has 0 spiro atoms. The van der Waals surface area contributed by atoms with E-state index >= 15 is 0 Å². The zero-order valence-electron chi connectivity index (χ0n) is 13.1. The van der Waals surface area contributed by atoms with E-state index in [4.69, 9.17) is 0 Å². The van der Waals surface area contributed by atoms with Crippen LogP contribution in [0.5, 0.6) is 0 Å². The third-order valence-corrected chi connectivity index (χ3v) is 6.86. The van der Waals surface area contributed by atoms with E-state index in [1.165, 1.54) is 0 Å². The zero-order valence-corrected chi connectivity index (χ0v) is 16.2. The molecule has 1 aliphatic carbocycles. The highest BCUT2D eigenvalue weighted by molar-refractivity contribution is 9.25. The lowest BCUT2D eigenvalue weighted by Crippen LogP contribution is -2.29. The van der Waals surface area contributed by atoms with E-state index in [2.05, 4.69) is 37.2 Å². The van der Waals surface area contributed by atoms with Gasteiger partial charge in [-0.2, -0.15) is 0 Å². The molecule has 1 atom stereocenters. The lowest BCUT2D eigenvalue weighted by molar-refractivity contribution is -0.120. The Morgan fingerprint density at radius 2 is 1.83 bits per heavy atom. The van der Waals surface area contributed by atoms with Crippen molar-refractivity contribution < 1.29 is 4.79 Å². The van der Waals surface area contributed by atoms with Gasteiger partial charge in [0.05, 0.1) is 20.0 Å². The van der Waals surface area contributed by atoms with Crippen LogP contribution in [0, 0.1) is 12.3 Å². The summed E-state index contributed by atoms with van der Waals surface area (Å²) in [4.78, 5) is 25.3. The Morgan fingerprint density at radius 3 is 2.35 bits per heavy atom. The molecule has 1 amide bonds. The molecule has 7 heteroatoms. The van der Waals surface area contributed by atoms with Crippen molar-refractivity contribution in [3.8, 4) is 5.69 Å². The smallest absolute Gasteiger partial charge is 0.295 e. The van der Waals surface area contributed by atoms with Gasteiger partial charge in [-0.05, 0) is 32.4 Å². The summed E-state index contributed by atoms with van der Waals surface area (Å²) in [5, 5.41) is 2.81. The summed E-state index contributed by atoms with van der Waals surface area (Å²) in [6.07, 6.45) is 0.671. The van der Waals surface area contributed by atoms with Gasteiger partial charge in [-0.1, -0.05) is 50.1 Å². The van der Waals surface area contributed by atoms with E-state index in [1.54, 1.807) is 16.4 Å². The quantitative estimate of drug-likeness (QED) is 0.741. The van der Waals surface area contributed by atoms with Gasteiger partial charge in [0.15, 0.2) is 0 Å². The van der Waals surface area contributed by atoms with Crippen molar-refractivity contribution in [2.24, 2.45) is 12.5 Å². The number of carbonyl (C=O) groups is 1. The standard InChI is InChI=1S/C16H17Br2N3O2/c1-10-12(19-14(23)15(2)9-16(15,17)18)13(22)21(20(10)3)11-7-5-4-6-8-11/h4-8H,9H2,1-3H3,(H,19,23)/t15-/m0/s1. The highest BCUT2D eigenvalue weighted by Crippen LogP contribution is 2.66. The van der Waals surface area contributed by atoms with Crippen molar-refractivity contribution in [2.75, 3.05) is 5.32 Å². The van der Waals surface area contributed by atoms with Crippen LogP contribution in [-0.2, 0) is 11.8 Å². The number of nitrogens with one attached hydrogen (secondary N) is 1. The fourth-order valence-corrected chi connectivity index (χ4v) is 4.09. The molecule has 1 N–H and O–H groups in total. The average Bonchev–Trinajstić information content (AvgIpc) is 2.96. The second-order valence-electron chi connectivity index (χ2n) is 6.10. The van der Waals surface area contributed by atoms with Crippen LogP contribution in [0.3, 0.4) is 0 Å². The van der Waals surface area contributed by atoms with E-state index in [9.17, 15) is 9.59 Å². The van der Waals surface area contributed by atoms with Crippen molar-refractivity contribution >= 4 is 43.5 Å². The minimum Gasteiger partial charge on any atom is -0.319 e. The van der Waals surface area contributed by atoms with Crippen LogP contribution in [0.15, 0.2) is 35.1 Å². The maximum absolute atomic E-state index is 12.8. The number of rotatable bonds is 3. The maximum atomic E-state index is 12.8. The highest BCUT2D eigenvalue weighted by atomic mass is 79.9. The van der Waals surface area contributed by atoms with Gasteiger partial charge in [0, 0.05) is 7.05 Å². The van der Waals surface area contributed by atoms with Crippen molar-refractivity contribution in [3.05, 3.63) is 46.4 Å². The first-order valence-corrected chi connectivity index (χ1v) is 8.81. The number of hydrogen-bond donors (Lipinski definition) is 1. The summed E-state index contributed by atoms with van der Waals surface area (Å²) in [6, 6.07) is 9.36. The number of nitrogens with zero attached hydrogens (tertiary/aromatic N) is 2. The lowest BCUT2D eigenvalue weighted by Gasteiger charge is -2.12. The maximum Gasteiger partial charge on any atom is 0.295 e. The second kappa shape index (κ2) is 5.34. The Labute approximate surface area is 150 Å². The summed E-state index contributed by atoms with van der Waals surface area (Å²) in [5.74, 6) is -0.169. The van der Waals surface area contributed by atoms with Gasteiger partial charge in [0.25, 0.3) is 5.56 Å². The largest absolute Gasteiger partial charge is 0.319 e. The molecule has 1 heterocycles. The molecule has 3 rings (SSSR count). The Morgan fingerprint density at radius 1 is 1.26 bits per heavy atom. The SMILES string of the molecule is Cc1c(NC(=O)[C@]2(C)CC2(Br)Br)c(=O)n(-c2ccccc2)n1C. The lowest BCUT2D eigenvalue weighted by atomic mass is 10.1. The number of amides is 1. The third-order valence-electron chi connectivity index (χ3n) is 4.55. The van der Waals surface area contributed by atoms with E-state index < -0.39 is 8.65 Å². The molecule has 23 heavy (non-hydrogen) atoms. The first-order chi connectivity index (χ1) is 10.7. The molecule has 0 saturated heterocycles. The number of aromatic nitrogens is 2. The first-order valence-electron chi connectivity index (χ1n) is 7.22. The molecule has 1 aromatic carbocycles. The van der Waals surface area contributed by atoms with E-state index in [0.717, 1.165) is 5.69 Å². The van der Waals surface area contributed by atoms with E-state index in [1.807, 2.05) is 44.2 Å². The van der Waals surface area contributed by atoms with Gasteiger partial charge in [-0.3, -0.25) is 14.3 Å². The number of benzene rings is 1. The molecule has 0 bridgehead atoms. The summed E-state index contributed by atoms with van der Waals surface area (Å²) < 4.78 is 2.91. The van der Waals surface area contributed by atoms with Crippen LogP contribution >= 0.6 is 31.9 Å². The Balaban J connectivity index is 2.00. The van der Waals surface area contributed by atoms with Gasteiger partial charge in [0.2, 0.25) is 5.91 Å². The molecule has 1 aliphatic rings. The van der Waals surface area contributed by atoms with E-state index in [-0.39, 0.29) is 11.5 Å². The van der Waals surface area contributed by atoms with Gasteiger partial charge in [-0.15, -0.1) is 0 Å². The van der Waals surface area contributed by atoms with Gasteiger partial charge >= 0.3 is 0 Å². The van der Waals surface area contributed by atoms with Crippen molar-refractivity contribution in [3.63, 3.8) is 0 Å². The molecule has 2 aromatic rings. The minimum absolute atomic E-state index is 0.169. The number of alkyl halides is 2. The van der Waals surface area contributed by atoms with Crippen LogP contribution in [-0.4, -0.2) is 18.5 Å². The second-order valence-corrected chi connectivity index (χ2v) is 9.88.